The van der Waals surface area contributed by atoms with Crippen LogP contribution in [-0.4, -0.2) is 49.9 Å². The molecule has 1 N–H and O–H groups in total. The van der Waals surface area contributed by atoms with Crippen LogP contribution in [0.4, 0.5) is 0 Å². The van der Waals surface area contributed by atoms with Gasteiger partial charge in [-0.3, -0.25) is 9.69 Å². The van der Waals surface area contributed by atoms with Crippen molar-refractivity contribution in [1.82, 2.24) is 15.1 Å². The molecule has 0 atom stereocenters. The maximum atomic E-state index is 12.5. The monoisotopic (exact) mass is 361 g/mol. The van der Waals surface area contributed by atoms with Crippen LogP contribution in [0.5, 0.6) is 0 Å². The van der Waals surface area contributed by atoms with E-state index in [1.54, 1.807) is 4.90 Å². The van der Waals surface area contributed by atoms with Gasteiger partial charge in [-0.1, -0.05) is 42.5 Å². The van der Waals surface area contributed by atoms with Crippen LogP contribution in [0, 0.1) is 0 Å². The van der Waals surface area contributed by atoms with Crippen LogP contribution < -0.4 is 5.32 Å². The lowest BCUT2D eigenvalue weighted by Gasteiger charge is -2.19. The van der Waals surface area contributed by atoms with Crippen molar-refractivity contribution >= 4 is 18.3 Å². The second-order valence-corrected chi connectivity index (χ2v) is 6.19. The highest BCUT2D eigenvalue weighted by molar-refractivity contribution is 5.94. The predicted molar refractivity (Wildman–Crippen MR) is 106 cm³/mol. The summed E-state index contributed by atoms with van der Waals surface area (Å²) < 4.78 is 0. The SMILES string of the molecule is CNCCN(C)C(=O)c1cccc(CN(C)Cc2ccccc2)c1.Cl. The summed E-state index contributed by atoms with van der Waals surface area (Å²) in [6, 6.07) is 18.3. The Morgan fingerprint density at radius 2 is 1.60 bits per heavy atom. The molecule has 0 aliphatic rings. The quantitative estimate of drug-likeness (QED) is 0.785. The van der Waals surface area contributed by atoms with Crippen molar-refractivity contribution in [2.75, 3.05) is 34.2 Å². The molecule has 0 saturated heterocycles. The molecule has 0 unspecified atom stereocenters. The number of nitrogens with zero attached hydrogens (tertiary/aromatic N) is 2. The second kappa shape index (κ2) is 10.9. The first-order chi connectivity index (χ1) is 11.6. The van der Waals surface area contributed by atoms with Gasteiger partial charge in [0.1, 0.15) is 0 Å². The van der Waals surface area contributed by atoms with Crippen LogP contribution in [-0.2, 0) is 13.1 Å². The van der Waals surface area contributed by atoms with Gasteiger partial charge in [-0.15, -0.1) is 12.4 Å². The minimum absolute atomic E-state index is 0. The molecular formula is C20H28ClN3O. The van der Waals surface area contributed by atoms with Crippen molar-refractivity contribution in [3.8, 4) is 0 Å². The van der Waals surface area contributed by atoms with Crippen LogP contribution in [0.1, 0.15) is 21.5 Å². The van der Waals surface area contributed by atoms with E-state index < -0.39 is 0 Å². The Morgan fingerprint density at radius 1 is 0.960 bits per heavy atom. The summed E-state index contributed by atoms with van der Waals surface area (Å²) in [5, 5.41) is 3.07. The first kappa shape index (κ1) is 21.2. The van der Waals surface area contributed by atoms with Crippen LogP contribution in [0.25, 0.3) is 0 Å². The van der Waals surface area contributed by atoms with Crippen molar-refractivity contribution in [3.63, 3.8) is 0 Å². The highest BCUT2D eigenvalue weighted by atomic mass is 35.5. The number of carbonyl (C=O) groups excluding carboxylic acids is 1. The number of nitrogens with one attached hydrogen (secondary N) is 1. The number of halogens is 1. The molecule has 2 rings (SSSR count). The highest BCUT2D eigenvalue weighted by Gasteiger charge is 2.12. The maximum absolute atomic E-state index is 12.5. The summed E-state index contributed by atoms with van der Waals surface area (Å²) in [6.45, 7) is 3.20. The van der Waals surface area contributed by atoms with Crippen LogP contribution in [0.15, 0.2) is 54.6 Å². The minimum Gasteiger partial charge on any atom is -0.340 e. The molecule has 0 fully saturated rings. The molecule has 5 heteroatoms. The van der Waals surface area contributed by atoms with Gasteiger partial charge in [0, 0.05) is 38.8 Å². The molecule has 1 amide bonds. The summed E-state index contributed by atoms with van der Waals surface area (Å²) in [5.41, 5.74) is 3.19. The fraction of sp³-hybridized carbons (Fsp3) is 0.350. The lowest BCUT2D eigenvalue weighted by molar-refractivity contribution is 0.0796. The third kappa shape index (κ3) is 6.86. The molecule has 0 radical (unpaired) electrons. The van der Waals surface area contributed by atoms with Gasteiger partial charge in [0.05, 0.1) is 0 Å². The first-order valence-electron chi connectivity index (χ1n) is 8.31. The number of likely N-dealkylation sites (N-methyl/N-ethyl adjacent to an activating group) is 2. The maximum Gasteiger partial charge on any atom is 0.253 e. The van der Waals surface area contributed by atoms with Crippen LogP contribution >= 0.6 is 12.4 Å². The number of hydrogen-bond acceptors (Lipinski definition) is 3. The molecule has 4 nitrogen and oxygen atoms in total. The Kier molecular flexibility index (Phi) is 9.21. The van der Waals surface area contributed by atoms with E-state index in [0.29, 0.717) is 6.54 Å². The van der Waals surface area contributed by atoms with Gasteiger partial charge >= 0.3 is 0 Å². The zero-order valence-electron chi connectivity index (χ0n) is 15.2. The van der Waals surface area contributed by atoms with E-state index in [2.05, 4.69) is 47.6 Å². The minimum atomic E-state index is 0. The number of amides is 1. The summed E-state index contributed by atoms with van der Waals surface area (Å²) >= 11 is 0. The van der Waals surface area contributed by atoms with E-state index in [0.717, 1.165) is 30.8 Å². The number of hydrogen-bond donors (Lipinski definition) is 1. The Hall–Kier alpha value is -1.88. The Morgan fingerprint density at radius 3 is 2.28 bits per heavy atom. The third-order valence-electron chi connectivity index (χ3n) is 3.97. The number of benzene rings is 2. The summed E-state index contributed by atoms with van der Waals surface area (Å²) in [6.07, 6.45) is 0. The fourth-order valence-electron chi connectivity index (χ4n) is 2.67. The van der Waals surface area contributed by atoms with Gasteiger partial charge in [0.2, 0.25) is 0 Å². The lowest BCUT2D eigenvalue weighted by Crippen LogP contribution is -2.32. The molecule has 0 spiro atoms. The van der Waals surface area contributed by atoms with E-state index in [1.165, 1.54) is 5.56 Å². The topological polar surface area (TPSA) is 35.6 Å². The average molecular weight is 362 g/mol. The zero-order valence-corrected chi connectivity index (χ0v) is 16.1. The number of rotatable bonds is 8. The largest absolute Gasteiger partial charge is 0.340 e. The molecule has 136 valence electrons. The van der Waals surface area contributed by atoms with Crippen molar-refractivity contribution in [2.24, 2.45) is 0 Å². The van der Waals surface area contributed by atoms with Crippen molar-refractivity contribution in [2.45, 2.75) is 13.1 Å². The highest BCUT2D eigenvalue weighted by Crippen LogP contribution is 2.12. The second-order valence-electron chi connectivity index (χ2n) is 6.19. The average Bonchev–Trinajstić information content (AvgIpc) is 2.60. The smallest absolute Gasteiger partial charge is 0.253 e. The molecule has 0 aromatic heterocycles. The van der Waals surface area contributed by atoms with Crippen molar-refractivity contribution in [1.29, 1.82) is 0 Å². The summed E-state index contributed by atoms with van der Waals surface area (Å²) in [5.74, 6) is 0.0674. The zero-order chi connectivity index (χ0) is 17.4. The molecular weight excluding hydrogens is 334 g/mol. The van der Waals surface area contributed by atoms with Gasteiger partial charge in [-0.25, -0.2) is 0 Å². The van der Waals surface area contributed by atoms with Crippen LogP contribution in [0.2, 0.25) is 0 Å². The summed E-state index contributed by atoms with van der Waals surface area (Å²) in [4.78, 5) is 16.5. The van der Waals surface area contributed by atoms with E-state index in [1.807, 2.05) is 38.4 Å². The lowest BCUT2D eigenvalue weighted by atomic mass is 10.1. The van der Waals surface area contributed by atoms with Gasteiger partial charge < -0.3 is 10.2 Å². The fourth-order valence-corrected chi connectivity index (χ4v) is 2.67. The van der Waals surface area contributed by atoms with Crippen LogP contribution in [0.3, 0.4) is 0 Å². The molecule has 0 heterocycles. The Bertz CT molecular complexity index is 648. The number of carbonyl (C=O) groups is 1. The normalized spacial score (nSPS) is 10.4. The van der Waals surface area contributed by atoms with E-state index >= 15 is 0 Å². The van der Waals surface area contributed by atoms with Gasteiger partial charge in [0.25, 0.3) is 5.91 Å². The van der Waals surface area contributed by atoms with Gasteiger partial charge in [-0.05, 0) is 37.4 Å². The van der Waals surface area contributed by atoms with E-state index in [9.17, 15) is 4.79 Å². The molecule has 2 aromatic carbocycles. The first-order valence-corrected chi connectivity index (χ1v) is 8.31. The third-order valence-corrected chi connectivity index (χ3v) is 3.97. The molecule has 0 aliphatic carbocycles. The van der Waals surface area contributed by atoms with Crippen molar-refractivity contribution in [3.05, 3.63) is 71.3 Å². The van der Waals surface area contributed by atoms with Gasteiger partial charge in [0.15, 0.2) is 0 Å². The molecule has 2 aromatic rings. The molecule has 25 heavy (non-hydrogen) atoms. The Balaban J connectivity index is 0.00000312. The van der Waals surface area contributed by atoms with Gasteiger partial charge in [-0.2, -0.15) is 0 Å². The standard InChI is InChI=1S/C20H27N3O.ClH/c1-21-12-13-23(3)20(24)19-11-7-10-18(14-19)16-22(2)15-17-8-5-4-6-9-17;/h4-11,14,21H,12-13,15-16H2,1-3H3;1H. The molecule has 0 bridgehead atoms. The Labute approximate surface area is 157 Å². The van der Waals surface area contributed by atoms with Crippen molar-refractivity contribution < 1.29 is 4.79 Å². The summed E-state index contributed by atoms with van der Waals surface area (Å²) in [7, 11) is 5.83. The van der Waals surface area contributed by atoms with E-state index in [-0.39, 0.29) is 18.3 Å². The molecule has 0 saturated carbocycles. The predicted octanol–water partition coefficient (Wildman–Crippen LogP) is 3.03. The molecule has 0 aliphatic heterocycles. The van der Waals surface area contributed by atoms with E-state index in [4.69, 9.17) is 0 Å².